The number of likely N-dealkylation sites (tertiary alicyclic amines) is 1. The molecule has 19 heavy (non-hydrogen) atoms. The van der Waals surface area contributed by atoms with Gasteiger partial charge >= 0.3 is 5.97 Å². The van der Waals surface area contributed by atoms with Crippen LogP contribution in [0.25, 0.3) is 0 Å². The van der Waals surface area contributed by atoms with Crippen LogP contribution in [-0.4, -0.2) is 35.0 Å². The van der Waals surface area contributed by atoms with E-state index in [-0.39, 0.29) is 17.2 Å². The van der Waals surface area contributed by atoms with Crippen LogP contribution in [0.5, 0.6) is 0 Å². The first kappa shape index (κ1) is 14.4. The molecule has 4 heteroatoms. The van der Waals surface area contributed by atoms with Gasteiger partial charge in [0, 0.05) is 13.1 Å². The monoisotopic (exact) mass is 267 g/mol. The second kappa shape index (κ2) is 5.14. The lowest BCUT2D eigenvalue weighted by Gasteiger charge is -2.24. The summed E-state index contributed by atoms with van der Waals surface area (Å²) in [7, 11) is 0. The molecule has 2 fully saturated rings. The van der Waals surface area contributed by atoms with Crippen molar-refractivity contribution in [1.82, 2.24) is 4.90 Å². The molecule has 0 spiro atoms. The third kappa shape index (κ3) is 2.93. The zero-order valence-electron chi connectivity index (χ0n) is 12.2. The van der Waals surface area contributed by atoms with Crippen LogP contribution < -0.4 is 0 Å². The zero-order valence-corrected chi connectivity index (χ0v) is 12.2. The molecule has 4 nitrogen and oxygen atoms in total. The molecule has 2 rings (SSSR count). The molecule has 2 aliphatic rings. The molecule has 0 aromatic rings. The van der Waals surface area contributed by atoms with Gasteiger partial charge in [-0.25, -0.2) is 0 Å². The number of carbonyl (C=O) groups excluding carboxylic acids is 1. The minimum absolute atomic E-state index is 0.0777. The Morgan fingerprint density at radius 3 is 2.37 bits per heavy atom. The second-order valence-electron chi connectivity index (χ2n) is 6.97. The van der Waals surface area contributed by atoms with Gasteiger partial charge in [-0.05, 0) is 30.6 Å². The maximum atomic E-state index is 12.6. The number of amides is 1. The van der Waals surface area contributed by atoms with Gasteiger partial charge in [-0.2, -0.15) is 0 Å². The van der Waals surface area contributed by atoms with E-state index in [1.165, 1.54) is 0 Å². The fourth-order valence-corrected chi connectivity index (χ4v) is 3.56. The molecule has 0 aromatic carbocycles. The summed E-state index contributed by atoms with van der Waals surface area (Å²) in [5.74, 6) is -1.09. The minimum atomic E-state index is -0.798. The number of carbonyl (C=O) groups is 2. The number of hydrogen-bond acceptors (Lipinski definition) is 2. The molecule has 1 amide bonds. The summed E-state index contributed by atoms with van der Waals surface area (Å²) in [4.78, 5) is 25.8. The lowest BCUT2D eigenvalue weighted by Crippen LogP contribution is -2.38. The second-order valence-corrected chi connectivity index (χ2v) is 6.97. The summed E-state index contributed by atoms with van der Waals surface area (Å²) in [5, 5.41) is 9.32. The summed E-state index contributed by atoms with van der Waals surface area (Å²) in [6.45, 7) is 7.96. The maximum Gasteiger partial charge on any atom is 0.307 e. The first-order chi connectivity index (χ1) is 8.84. The highest BCUT2D eigenvalue weighted by Crippen LogP contribution is 2.41. The van der Waals surface area contributed by atoms with Gasteiger partial charge in [0.15, 0.2) is 0 Å². The third-order valence-electron chi connectivity index (χ3n) is 4.86. The van der Waals surface area contributed by atoms with E-state index in [2.05, 4.69) is 20.8 Å². The highest BCUT2D eigenvalue weighted by molar-refractivity contribution is 5.85. The van der Waals surface area contributed by atoms with Gasteiger partial charge < -0.3 is 10.0 Å². The molecule has 1 saturated carbocycles. The number of nitrogens with zero attached hydrogens (tertiary/aromatic N) is 1. The van der Waals surface area contributed by atoms with Crippen molar-refractivity contribution < 1.29 is 14.7 Å². The van der Waals surface area contributed by atoms with Crippen LogP contribution in [-0.2, 0) is 9.59 Å². The van der Waals surface area contributed by atoms with E-state index in [0.29, 0.717) is 12.3 Å². The highest BCUT2D eigenvalue weighted by Gasteiger charge is 2.45. The van der Waals surface area contributed by atoms with Crippen LogP contribution in [0.4, 0.5) is 0 Å². The van der Waals surface area contributed by atoms with Crippen molar-refractivity contribution in [3.05, 3.63) is 0 Å². The van der Waals surface area contributed by atoms with Gasteiger partial charge in [-0.15, -0.1) is 0 Å². The number of aliphatic carboxylic acids is 1. The molecule has 3 atom stereocenters. The van der Waals surface area contributed by atoms with E-state index in [0.717, 1.165) is 32.4 Å². The van der Waals surface area contributed by atoms with E-state index >= 15 is 0 Å². The van der Waals surface area contributed by atoms with E-state index in [9.17, 15) is 14.7 Å². The maximum absolute atomic E-state index is 12.6. The molecule has 1 aliphatic carbocycles. The van der Waals surface area contributed by atoms with Crippen LogP contribution >= 0.6 is 0 Å². The molecule has 1 N–H and O–H groups in total. The fraction of sp³-hybridized carbons (Fsp3) is 0.867. The molecule has 1 saturated heterocycles. The predicted molar refractivity (Wildman–Crippen MR) is 72.6 cm³/mol. The normalized spacial score (nSPS) is 33.6. The number of carboxylic acid groups (broad SMARTS) is 1. The summed E-state index contributed by atoms with van der Waals surface area (Å²) >= 11 is 0. The van der Waals surface area contributed by atoms with Gasteiger partial charge in [0.05, 0.1) is 11.8 Å². The Bertz CT molecular complexity index is 378. The number of hydrogen-bond donors (Lipinski definition) is 1. The Balaban J connectivity index is 2.07. The summed E-state index contributed by atoms with van der Waals surface area (Å²) < 4.78 is 0. The Hall–Kier alpha value is -1.06. The molecule has 108 valence electrons. The lowest BCUT2D eigenvalue weighted by atomic mass is 9.92. The van der Waals surface area contributed by atoms with Crippen molar-refractivity contribution in [3.63, 3.8) is 0 Å². The molecule has 1 heterocycles. The van der Waals surface area contributed by atoms with Crippen LogP contribution in [0.15, 0.2) is 0 Å². The largest absolute Gasteiger partial charge is 0.481 e. The Labute approximate surface area is 115 Å². The summed E-state index contributed by atoms with van der Waals surface area (Å²) in [6, 6.07) is 0. The van der Waals surface area contributed by atoms with Crippen molar-refractivity contribution in [2.45, 2.75) is 46.5 Å². The first-order valence-corrected chi connectivity index (χ1v) is 7.35. The van der Waals surface area contributed by atoms with Gasteiger partial charge in [0.1, 0.15) is 0 Å². The lowest BCUT2D eigenvalue weighted by molar-refractivity contribution is -0.148. The van der Waals surface area contributed by atoms with Gasteiger partial charge in [-0.3, -0.25) is 9.59 Å². The first-order valence-electron chi connectivity index (χ1n) is 7.35. The van der Waals surface area contributed by atoms with Gasteiger partial charge in [-0.1, -0.05) is 27.2 Å². The standard InChI is InChI=1S/C15H25NO3/c1-4-10-7-11(12(8-10)14(18)19)13(17)16-6-5-15(2,3)9-16/h10-12H,4-9H2,1-3H3,(H,18,19)/t10?,11-,12+/m0/s1. The summed E-state index contributed by atoms with van der Waals surface area (Å²) in [5.41, 5.74) is 0.178. The average Bonchev–Trinajstić information content (AvgIpc) is 2.91. The Kier molecular flexibility index (Phi) is 3.88. The van der Waals surface area contributed by atoms with E-state index in [1.54, 1.807) is 0 Å². The number of carboxylic acids is 1. The van der Waals surface area contributed by atoms with Crippen molar-refractivity contribution >= 4 is 11.9 Å². The van der Waals surface area contributed by atoms with Crippen molar-refractivity contribution in [2.24, 2.45) is 23.2 Å². The molecule has 0 bridgehead atoms. The van der Waals surface area contributed by atoms with E-state index in [4.69, 9.17) is 0 Å². The highest BCUT2D eigenvalue weighted by atomic mass is 16.4. The van der Waals surface area contributed by atoms with E-state index in [1.807, 2.05) is 4.90 Å². The van der Waals surface area contributed by atoms with Crippen molar-refractivity contribution in [2.75, 3.05) is 13.1 Å². The Morgan fingerprint density at radius 1 is 1.26 bits per heavy atom. The molecule has 0 radical (unpaired) electrons. The van der Waals surface area contributed by atoms with Crippen molar-refractivity contribution in [3.8, 4) is 0 Å². The molecular formula is C15H25NO3. The van der Waals surface area contributed by atoms with Crippen molar-refractivity contribution in [1.29, 1.82) is 0 Å². The van der Waals surface area contributed by atoms with Crippen LogP contribution in [0, 0.1) is 23.2 Å². The zero-order chi connectivity index (χ0) is 14.2. The minimum Gasteiger partial charge on any atom is -0.481 e. The van der Waals surface area contributed by atoms with Gasteiger partial charge in [0.25, 0.3) is 0 Å². The predicted octanol–water partition coefficient (Wildman–Crippen LogP) is 2.38. The molecule has 0 aromatic heterocycles. The van der Waals surface area contributed by atoms with E-state index < -0.39 is 11.9 Å². The quantitative estimate of drug-likeness (QED) is 0.854. The Morgan fingerprint density at radius 2 is 1.89 bits per heavy atom. The fourth-order valence-electron chi connectivity index (χ4n) is 3.56. The smallest absolute Gasteiger partial charge is 0.307 e. The van der Waals surface area contributed by atoms with Crippen LogP contribution in [0.1, 0.15) is 46.5 Å². The average molecular weight is 267 g/mol. The third-order valence-corrected chi connectivity index (χ3v) is 4.86. The topological polar surface area (TPSA) is 57.6 Å². The molecular weight excluding hydrogens is 242 g/mol. The SMILES string of the molecule is CCC1C[C@H](C(=O)N2CCC(C)(C)C2)[C@H](C(=O)O)C1. The summed E-state index contributed by atoms with van der Waals surface area (Å²) in [6.07, 6.45) is 3.40. The molecule has 1 unspecified atom stereocenters. The van der Waals surface area contributed by atoms with Crippen LogP contribution in [0.3, 0.4) is 0 Å². The van der Waals surface area contributed by atoms with Gasteiger partial charge in [0.2, 0.25) is 5.91 Å². The van der Waals surface area contributed by atoms with Crippen LogP contribution in [0.2, 0.25) is 0 Å². The molecule has 1 aliphatic heterocycles. The number of rotatable bonds is 3.